The Morgan fingerprint density at radius 1 is 1.41 bits per heavy atom. The summed E-state index contributed by atoms with van der Waals surface area (Å²) in [7, 11) is 1.60. The van der Waals surface area contributed by atoms with Crippen molar-refractivity contribution in [2.24, 2.45) is 0 Å². The van der Waals surface area contributed by atoms with Crippen molar-refractivity contribution in [3.05, 3.63) is 29.8 Å². The lowest BCUT2D eigenvalue weighted by molar-refractivity contribution is -0.158. The summed E-state index contributed by atoms with van der Waals surface area (Å²) in [6, 6.07) is 6.66. The molecule has 0 bridgehead atoms. The Kier molecular flexibility index (Phi) is 5.38. The standard InChI is InChI=1S/C16H21NO5/c1-11(12-3-5-13(21-2)6-4-12)9-15(18)17-7-8-22-10-14(17)16(19)20/h3-6,11,14H,7-10H2,1-2H3,(H,19,20). The molecule has 1 amide bonds. The van der Waals surface area contributed by atoms with E-state index in [-0.39, 0.29) is 24.9 Å². The van der Waals surface area contributed by atoms with Gasteiger partial charge >= 0.3 is 5.97 Å². The molecule has 2 atom stereocenters. The summed E-state index contributed by atoms with van der Waals surface area (Å²) in [4.78, 5) is 25.0. The van der Waals surface area contributed by atoms with Crippen LogP contribution in [-0.2, 0) is 14.3 Å². The van der Waals surface area contributed by atoms with Gasteiger partial charge in [0.2, 0.25) is 5.91 Å². The van der Waals surface area contributed by atoms with Crippen LogP contribution in [-0.4, -0.2) is 54.8 Å². The average molecular weight is 307 g/mol. The largest absolute Gasteiger partial charge is 0.497 e. The van der Waals surface area contributed by atoms with Crippen LogP contribution in [0.3, 0.4) is 0 Å². The Bertz CT molecular complexity index is 528. The maximum Gasteiger partial charge on any atom is 0.328 e. The molecule has 0 radical (unpaired) electrons. The van der Waals surface area contributed by atoms with Crippen LogP contribution in [0.15, 0.2) is 24.3 Å². The van der Waals surface area contributed by atoms with Gasteiger partial charge < -0.3 is 19.5 Å². The van der Waals surface area contributed by atoms with Gasteiger partial charge in [0.15, 0.2) is 6.04 Å². The molecule has 22 heavy (non-hydrogen) atoms. The summed E-state index contributed by atoms with van der Waals surface area (Å²) >= 11 is 0. The number of morpholine rings is 1. The van der Waals surface area contributed by atoms with Crippen LogP contribution < -0.4 is 4.74 Å². The van der Waals surface area contributed by atoms with Gasteiger partial charge in [-0.1, -0.05) is 19.1 Å². The summed E-state index contributed by atoms with van der Waals surface area (Å²) in [6.07, 6.45) is 0.274. The number of carbonyl (C=O) groups is 2. The number of benzene rings is 1. The molecule has 1 aliphatic rings. The molecule has 6 heteroatoms. The minimum atomic E-state index is -1.02. The van der Waals surface area contributed by atoms with Crippen molar-refractivity contribution in [3.8, 4) is 5.75 Å². The highest BCUT2D eigenvalue weighted by molar-refractivity contribution is 5.84. The molecule has 0 saturated carbocycles. The lowest BCUT2D eigenvalue weighted by Crippen LogP contribution is -2.52. The Morgan fingerprint density at radius 2 is 2.09 bits per heavy atom. The highest BCUT2D eigenvalue weighted by atomic mass is 16.5. The van der Waals surface area contributed by atoms with E-state index in [1.165, 1.54) is 4.90 Å². The van der Waals surface area contributed by atoms with Gasteiger partial charge in [-0.15, -0.1) is 0 Å². The summed E-state index contributed by atoms with van der Waals surface area (Å²) in [5, 5.41) is 9.18. The molecule has 1 saturated heterocycles. The van der Waals surface area contributed by atoms with Crippen LogP contribution in [0.5, 0.6) is 5.75 Å². The third kappa shape index (κ3) is 3.76. The van der Waals surface area contributed by atoms with Crippen molar-refractivity contribution in [1.82, 2.24) is 4.90 Å². The normalized spacial score (nSPS) is 19.5. The van der Waals surface area contributed by atoms with E-state index in [0.29, 0.717) is 13.2 Å². The first-order chi connectivity index (χ1) is 10.5. The van der Waals surface area contributed by atoms with Gasteiger partial charge in [0, 0.05) is 13.0 Å². The van der Waals surface area contributed by atoms with E-state index in [1.54, 1.807) is 7.11 Å². The topological polar surface area (TPSA) is 76.1 Å². The number of hydrogen-bond donors (Lipinski definition) is 1. The zero-order valence-corrected chi connectivity index (χ0v) is 12.8. The molecule has 2 rings (SSSR count). The molecule has 6 nitrogen and oxygen atoms in total. The minimum Gasteiger partial charge on any atom is -0.497 e. The highest BCUT2D eigenvalue weighted by Gasteiger charge is 2.33. The number of amides is 1. The van der Waals surface area contributed by atoms with Gasteiger partial charge in [0.1, 0.15) is 5.75 Å². The van der Waals surface area contributed by atoms with Crippen LogP contribution in [0.1, 0.15) is 24.8 Å². The van der Waals surface area contributed by atoms with Gasteiger partial charge in [-0.05, 0) is 23.6 Å². The fraction of sp³-hybridized carbons (Fsp3) is 0.500. The van der Waals surface area contributed by atoms with Crippen LogP contribution in [0.2, 0.25) is 0 Å². The molecule has 2 unspecified atom stereocenters. The predicted octanol–water partition coefficient (Wildman–Crippen LogP) is 1.50. The summed E-state index contributed by atoms with van der Waals surface area (Å²) < 4.78 is 10.3. The van der Waals surface area contributed by atoms with Gasteiger partial charge in [-0.2, -0.15) is 0 Å². The second-order valence-electron chi connectivity index (χ2n) is 5.39. The Hall–Kier alpha value is -2.08. The summed E-state index contributed by atoms with van der Waals surface area (Å²) in [5.74, 6) is -0.402. The van der Waals surface area contributed by atoms with E-state index in [1.807, 2.05) is 31.2 Å². The SMILES string of the molecule is COc1ccc(C(C)CC(=O)N2CCOCC2C(=O)O)cc1. The quantitative estimate of drug-likeness (QED) is 0.892. The Morgan fingerprint density at radius 3 is 2.68 bits per heavy atom. The molecule has 1 aromatic rings. The molecular weight excluding hydrogens is 286 g/mol. The fourth-order valence-electron chi connectivity index (χ4n) is 2.54. The van der Waals surface area contributed by atoms with Gasteiger partial charge in [-0.3, -0.25) is 4.79 Å². The number of aliphatic carboxylic acids is 1. The zero-order chi connectivity index (χ0) is 16.1. The van der Waals surface area contributed by atoms with Gasteiger partial charge in [0.25, 0.3) is 0 Å². The van der Waals surface area contributed by atoms with Crippen LogP contribution in [0.25, 0.3) is 0 Å². The van der Waals surface area contributed by atoms with Crippen LogP contribution >= 0.6 is 0 Å². The maximum absolute atomic E-state index is 12.4. The van der Waals surface area contributed by atoms with Crippen LogP contribution in [0.4, 0.5) is 0 Å². The minimum absolute atomic E-state index is 0.00990. The van der Waals surface area contributed by atoms with Gasteiger partial charge in [0.05, 0.1) is 20.3 Å². The fourth-order valence-corrected chi connectivity index (χ4v) is 2.54. The van der Waals surface area contributed by atoms with E-state index in [0.717, 1.165) is 11.3 Å². The molecule has 0 spiro atoms. The molecule has 1 N–H and O–H groups in total. The van der Waals surface area contributed by atoms with Crippen LogP contribution in [0, 0.1) is 0 Å². The van der Waals surface area contributed by atoms with E-state index < -0.39 is 12.0 Å². The van der Waals surface area contributed by atoms with Crippen molar-refractivity contribution in [2.45, 2.75) is 25.3 Å². The Balaban J connectivity index is 2.01. The van der Waals surface area contributed by atoms with Crippen molar-refractivity contribution in [2.75, 3.05) is 26.9 Å². The first kappa shape index (κ1) is 16.3. The molecule has 120 valence electrons. The Labute approximate surface area is 129 Å². The van der Waals surface area contributed by atoms with Crippen molar-refractivity contribution in [3.63, 3.8) is 0 Å². The molecule has 1 aliphatic heterocycles. The first-order valence-electron chi connectivity index (χ1n) is 7.27. The molecule has 1 fully saturated rings. The second kappa shape index (κ2) is 7.26. The highest BCUT2D eigenvalue weighted by Crippen LogP contribution is 2.23. The average Bonchev–Trinajstić information content (AvgIpc) is 2.54. The second-order valence-corrected chi connectivity index (χ2v) is 5.39. The molecule has 1 aromatic carbocycles. The number of rotatable bonds is 5. The predicted molar refractivity (Wildman–Crippen MR) is 80.0 cm³/mol. The number of carbonyl (C=O) groups excluding carboxylic acids is 1. The maximum atomic E-state index is 12.4. The number of carboxylic acid groups (broad SMARTS) is 1. The van der Waals surface area contributed by atoms with E-state index in [4.69, 9.17) is 9.47 Å². The number of hydrogen-bond acceptors (Lipinski definition) is 4. The van der Waals surface area contributed by atoms with Gasteiger partial charge in [-0.25, -0.2) is 4.79 Å². The lowest BCUT2D eigenvalue weighted by Gasteiger charge is -2.33. The first-order valence-corrected chi connectivity index (χ1v) is 7.27. The monoisotopic (exact) mass is 307 g/mol. The van der Waals surface area contributed by atoms with E-state index in [9.17, 15) is 14.7 Å². The number of carboxylic acids is 1. The van der Waals surface area contributed by atoms with E-state index in [2.05, 4.69) is 0 Å². The zero-order valence-electron chi connectivity index (χ0n) is 12.8. The summed E-state index contributed by atoms with van der Waals surface area (Å²) in [6.45, 7) is 2.71. The van der Waals surface area contributed by atoms with E-state index >= 15 is 0 Å². The summed E-state index contributed by atoms with van der Waals surface area (Å²) in [5.41, 5.74) is 1.02. The molecule has 0 aromatic heterocycles. The number of ether oxygens (including phenoxy) is 2. The lowest BCUT2D eigenvalue weighted by atomic mass is 9.96. The number of nitrogens with zero attached hydrogens (tertiary/aromatic N) is 1. The molecule has 0 aliphatic carbocycles. The van der Waals surface area contributed by atoms with Crippen molar-refractivity contribution in [1.29, 1.82) is 0 Å². The van der Waals surface area contributed by atoms with Crippen molar-refractivity contribution < 1.29 is 24.2 Å². The molecular formula is C16H21NO5. The third-order valence-electron chi connectivity index (χ3n) is 3.90. The third-order valence-corrected chi connectivity index (χ3v) is 3.90. The smallest absolute Gasteiger partial charge is 0.328 e. The van der Waals surface area contributed by atoms with Crippen molar-refractivity contribution >= 4 is 11.9 Å². The molecule has 1 heterocycles. The number of methoxy groups -OCH3 is 1.